The van der Waals surface area contributed by atoms with Gasteiger partial charge in [-0.05, 0) is 73.8 Å². The molecule has 1 nitrogen and oxygen atoms in total. The third kappa shape index (κ3) is 3.89. The number of rotatable bonds is 4. The van der Waals surface area contributed by atoms with Gasteiger partial charge in [-0.2, -0.15) is 0 Å². The van der Waals surface area contributed by atoms with E-state index in [0.717, 1.165) is 36.2 Å². The molecule has 2 fully saturated rings. The van der Waals surface area contributed by atoms with Crippen LogP contribution < -0.4 is 4.74 Å². The molecule has 0 N–H and O–H groups in total. The molecule has 0 aliphatic heterocycles. The molecular weight excluding hydrogens is 287 g/mol. The number of ether oxygens (including phenoxy) is 1. The van der Waals surface area contributed by atoms with E-state index in [1.165, 1.54) is 51.0 Å². The molecule has 0 heterocycles. The fourth-order valence-corrected chi connectivity index (χ4v) is 4.94. The summed E-state index contributed by atoms with van der Waals surface area (Å²) < 4.78 is 19.4. The summed E-state index contributed by atoms with van der Waals surface area (Å²) in [6.45, 7) is 2.33. The van der Waals surface area contributed by atoms with E-state index in [0.29, 0.717) is 11.7 Å². The summed E-state index contributed by atoms with van der Waals surface area (Å²) in [7, 11) is 1.59. The maximum atomic E-state index is 14.3. The van der Waals surface area contributed by atoms with Gasteiger partial charge in [0.25, 0.3) is 0 Å². The molecule has 128 valence electrons. The average molecular weight is 318 g/mol. The van der Waals surface area contributed by atoms with E-state index in [4.69, 9.17) is 4.74 Å². The normalized spacial score (nSPS) is 31.8. The van der Waals surface area contributed by atoms with Gasteiger partial charge in [0.15, 0.2) is 0 Å². The molecule has 0 radical (unpaired) electrons. The van der Waals surface area contributed by atoms with E-state index >= 15 is 0 Å². The molecule has 2 aliphatic rings. The van der Waals surface area contributed by atoms with Gasteiger partial charge in [0.05, 0.1) is 7.11 Å². The van der Waals surface area contributed by atoms with E-state index in [-0.39, 0.29) is 5.82 Å². The first-order chi connectivity index (χ1) is 11.2. The smallest absolute Gasteiger partial charge is 0.130 e. The van der Waals surface area contributed by atoms with Crippen molar-refractivity contribution >= 4 is 0 Å². The summed E-state index contributed by atoms with van der Waals surface area (Å²) in [5.74, 6) is 3.76. The minimum absolute atomic E-state index is 0.0868. The Bertz CT molecular complexity index is 497. The van der Waals surface area contributed by atoms with Gasteiger partial charge < -0.3 is 4.74 Å². The molecule has 0 atom stereocenters. The second-order valence-electron chi connectivity index (χ2n) is 7.69. The van der Waals surface area contributed by atoms with Gasteiger partial charge in [-0.1, -0.05) is 32.3 Å². The standard InChI is InChI=1S/C21H31FO/c1-3-15-4-6-16(7-5-15)17-8-10-18(11-9-17)20-13-12-19(23-2)14-21(20)22/h12-18H,3-11H2,1-2H3. The van der Waals surface area contributed by atoms with Crippen molar-refractivity contribution in [3.8, 4) is 5.75 Å². The Balaban J connectivity index is 1.54. The molecule has 0 spiro atoms. The van der Waals surface area contributed by atoms with Crippen molar-refractivity contribution in [2.24, 2.45) is 17.8 Å². The summed E-state index contributed by atoms with van der Waals surface area (Å²) in [5, 5.41) is 0. The Morgan fingerprint density at radius 2 is 1.57 bits per heavy atom. The largest absolute Gasteiger partial charge is 0.497 e. The highest BCUT2D eigenvalue weighted by Gasteiger charge is 2.31. The summed E-state index contributed by atoms with van der Waals surface area (Å²) in [4.78, 5) is 0. The van der Waals surface area contributed by atoms with Crippen LogP contribution in [0.5, 0.6) is 5.75 Å². The summed E-state index contributed by atoms with van der Waals surface area (Å²) in [5.41, 5.74) is 0.902. The number of methoxy groups -OCH3 is 1. The molecule has 0 amide bonds. The Kier molecular flexibility index (Phi) is 5.61. The summed E-state index contributed by atoms with van der Waals surface area (Å²) >= 11 is 0. The van der Waals surface area contributed by atoms with E-state index in [1.807, 2.05) is 12.1 Å². The number of hydrogen-bond donors (Lipinski definition) is 0. The van der Waals surface area contributed by atoms with Crippen LogP contribution in [0.4, 0.5) is 4.39 Å². The van der Waals surface area contributed by atoms with Gasteiger partial charge in [-0.25, -0.2) is 4.39 Å². The van der Waals surface area contributed by atoms with Crippen molar-refractivity contribution < 1.29 is 9.13 Å². The highest BCUT2D eigenvalue weighted by Crippen LogP contribution is 2.44. The Hall–Kier alpha value is -1.05. The van der Waals surface area contributed by atoms with Crippen molar-refractivity contribution in [3.05, 3.63) is 29.6 Å². The van der Waals surface area contributed by atoms with Crippen LogP contribution in [0.25, 0.3) is 0 Å². The molecule has 3 rings (SSSR count). The first-order valence-corrected chi connectivity index (χ1v) is 9.54. The lowest BCUT2D eigenvalue weighted by molar-refractivity contribution is 0.158. The van der Waals surface area contributed by atoms with Crippen LogP contribution in [0.3, 0.4) is 0 Å². The molecule has 23 heavy (non-hydrogen) atoms. The molecule has 0 aromatic heterocycles. The lowest BCUT2D eigenvalue weighted by Crippen LogP contribution is -2.25. The number of hydrogen-bond acceptors (Lipinski definition) is 1. The highest BCUT2D eigenvalue weighted by atomic mass is 19.1. The topological polar surface area (TPSA) is 9.23 Å². The van der Waals surface area contributed by atoms with E-state index in [2.05, 4.69) is 6.92 Å². The zero-order valence-electron chi connectivity index (χ0n) is 14.7. The number of halogens is 1. The highest BCUT2D eigenvalue weighted by molar-refractivity contribution is 5.31. The van der Waals surface area contributed by atoms with Gasteiger partial charge in [0, 0.05) is 6.07 Å². The van der Waals surface area contributed by atoms with Crippen LogP contribution in [0.1, 0.15) is 76.2 Å². The first-order valence-electron chi connectivity index (χ1n) is 9.54. The Morgan fingerprint density at radius 1 is 0.957 bits per heavy atom. The van der Waals surface area contributed by atoms with Gasteiger partial charge in [0.1, 0.15) is 11.6 Å². The van der Waals surface area contributed by atoms with Crippen LogP contribution in [0, 0.1) is 23.6 Å². The maximum Gasteiger partial charge on any atom is 0.130 e. The van der Waals surface area contributed by atoms with Crippen LogP contribution in [0.2, 0.25) is 0 Å². The second-order valence-corrected chi connectivity index (χ2v) is 7.69. The SMILES string of the molecule is CCC1CCC(C2CCC(c3ccc(OC)cc3F)CC2)CC1. The first kappa shape index (κ1) is 16.8. The molecule has 2 aliphatic carbocycles. The summed E-state index contributed by atoms with van der Waals surface area (Å²) in [6, 6.07) is 5.37. The quantitative estimate of drug-likeness (QED) is 0.630. The minimum Gasteiger partial charge on any atom is -0.497 e. The lowest BCUT2D eigenvalue weighted by Gasteiger charge is -2.38. The van der Waals surface area contributed by atoms with Crippen LogP contribution in [-0.4, -0.2) is 7.11 Å². The zero-order chi connectivity index (χ0) is 16.2. The molecule has 2 heteroatoms. The Morgan fingerprint density at radius 3 is 2.09 bits per heavy atom. The Labute approximate surface area is 140 Å². The molecular formula is C21H31FO. The zero-order valence-corrected chi connectivity index (χ0v) is 14.7. The van der Waals surface area contributed by atoms with Crippen molar-refractivity contribution in [1.29, 1.82) is 0 Å². The monoisotopic (exact) mass is 318 g/mol. The molecule has 0 saturated heterocycles. The van der Waals surface area contributed by atoms with Gasteiger partial charge in [0.2, 0.25) is 0 Å². The van der Waals surface area contributed by atoms with Crippen molar-refractivity contribution in [2.75, 3.05) is 7.11 Å². The van der Waals surface area contributed by atoms with E-state index in [1.54, 1.807) is 7.11 Å². The van der Waals surface area contributed by atoms with Gasteiger partial charge in [-0.15, -0.1) is 0 Å². The van der Waals surface area contributed by atoms with Crippen LogP contribution in [-0.2, 0) is 0 Å². The van der Waals surface area contributed by atoms with E-state index < -0.39 is 0 Å². The second kappa shape index (κ2) is 7.68. The molecule has 0 bridgehead atoms. The lowest BCUT2D eigenvalue weighted by atomic mass is 9.68. The maximum absolute atomic E-state index is 14.3. The fraction of sp³-hybridized carbons (Fsp3) is 0.714. The summed E-state index contributed by atoms with van der Waals surface area (Å²) in [6.07, 6.45) is 12.0. The predicted molar refractivity (Wildman–Crippen MR) is 93.4 cm³/mol. The van der Waals surface area contributed by atoms with Crippen molar-refractivity contribution in [1.82, 2.24) is 0 Å². The molecule has 1 aromatic carbocycles. The van der Waals surface area contributed by atoms with Gasteiger partial charge in [-0.3, -0.25) is 0 Å². The number of benzene rings is 1. The van der Waals surface area contributed by atoms with Gasteiger partial charge >= 0.3 is 0 Å². The predicted octanol–water partition coefficient (Wildman–Crippen LogP) is 6.32. The minimum atomic E-state index is -0.0868. The third-order valence-corrected chi connectivity index (χ3v) is 6.55. The molecule has 0 unspecified atom stereocenters. The molecule has 2 saturated carbocycles. The van der Waals surface area contributed by atoms with Crippen LogP contribution >= 0.6 is 0 Å². The fourth-order valence-electron chi connectivity index (χ4n) is 4.94. The van der Waals surface area contributed by atoms with Crippen molar-refractivity contribution in [3.63, 3.8) is 0 Å². The average Bonchev–Trinajstić information content (AvgIpc) is 2.62. The van der Waals surface area contributed by atoms with Crippen LogP contribution in [0.15, 0.2) is 18.2 Å². The van der Waals surface area contributed by atoms with Crippen molar-refractivity contribution in [2.45, 2.75) is 70.6 Å². The third-order valence-electron chi connectivity index (χ3n) is 6.55. The van der Waals surface area contributed by atoms with E-state index in [9.17, 15) is 4.39 Å². The molecule has 1 aromatic rings.